The Hall–Kier alpha value is -1.69. The van der Waals surface area contributed by atoms with Crippen molar-refractivity contribution in [3.8, 4) is 0 Å². The zero-order chi connectivity index (χ0) is 14.0. The number of nitrogens with zero attached hydrogens (tertiary/aromatic N) is 2. The second-order valence-corrected chi connectivity index (χ2v) is 4.91. The van der Waals surface area contributed by atoms with Gasteiger partial charge in [0.25, 0.3) is 0 Å². The van der Waals surface area contributed by atoms with Crippen LogP contribution >= 0.6 is 0 Å². The largest absolute Gasteiger partial charge is 0.444 e. The molecule has 0 saturated carbocycles. The number of aromatic nitrogens is 1. The van der Waals surface area contributed by atoms with Gasteiger partial charge in [-0.15, -0.1) is 0 Å². The monoisotopic (exact) mass is 265 g/mol. The van der Waals surface area contributed by atoms with Crippen molar-refractivity contribution in [2.24, 2.45) is 0 Å². The molecule has 1 aromatic rings. The summed E-state index contributed by atoms with van der Waals surface area (Å²) in [5.41, 5.74) is 0. The summed E-state index contributed by atoms with van der Waals surface area (Å²) in [6.45, 7) is 6.01. The third-order valence-electron chi connectivity index (χ3n) is 3.15. The third-order valence-corrected chi connectivity index (χ3v) is 3.15. The Morgan fingerprint density at radius 2 is 2.26 bits per heavy atom. The summed E-state index contributed by atoms with van der Waals surface area (Å²) in [7, 11) is 0. The van der Waals surface area contributed by atoms with Crippen molar-refractivity contribution in [2.75, 3.05) is 0 Å². The van der Waals surface area contributed by atoms with E-state index in [1.165, 1.54) is 4.90 Å². The van der Waals surface area contributed by atoms with Crippen LogP contribution in [0.5, 0.6) is 0 Å². The summed E-state index contributed by atoms with van der Waals surface area (Å²) in [6.07, 6.45) is 2.67. The number of carbonyl (C=O) groups is 2. The molecular weight excluding hydrogens is 246 g/mol. The van der Waals surface area contributed by atoms with Gasteiger partial charge in [0.1, 0.15) is 5.76 Å². The van der Waals surface area contributed by atoms with Crippen molar-refractivity contribution >= 4 is 11.8 Å². The molecule has 6 heteroatoms. The number of rotatable bonds is 5. The highest BCUT2D eigenvalue weighted by Gasteiger charge is 2.39. The molecule has 2 rings (SSSR count). The summed E-state index contributed by atoms with van der Waals surface area (Å²) in [6, 6.07) is -0.563. The highest BCUT2D eigenvalue weighted by Crippen LogP contribution is 2.16. The first-order valence-electron chi connectivity index (χ1n) is 6.55. The molecule has 0 aromatic carbocycles. The van der Waals surface area contributed by atoms with E-state index >= 15 is 0 Å². The van der Waals surface area contributed by atoms with Crippen molar-refractivity contribution in [3.63, 3.8) is 0 Å². The van der Waals surface area contributed by atoms with Crippen LogP contribution in [0.25, 0.3) is 0 Å². The fraction of sp³-hybridized carbons (Fsp3) is 0.615. The van der Waals surface area contributed by atoms with Crippen LogP contribution in [-0.2, 0) is 22.6 Å². The van der Waals surface area contributed by atoms with E-state index in [1.54, 1.807) is 6.20 Å². The van der Waals surface area contributed by atoms with Crippen LogP contribution in [-0.4, -0.2) is 33.8 Å². The average Bonchev–Trinajstić information content (AvgIpc) is 2.91. The molecule has 1 N–H and O–H groups in total. The van der Waals surface area contributed by atoms with E-state index < -0.39 is 6.04 Å². The molecule has 104 valence electrons. The lowest BCUT2D eigenvalue weighted by molar-refractivity contribution is -0.140. The van der Waals surface area contributed by atoms with Crippen molar-refractivity contribution in [3.05, 3.63) is 17.8 Å². The molecule has 2 heterocycles. The Balaban J connectivity index is 1.94. The molecular formula is C13H19N3O3. The van der Waals surface area contributed by atoms with Gasteiger partial charge in [-0.2, -0.15) is 0 Å². The summed E-state index contributed by atoms with van der Waals surface area (Å²) in [5, 5.41) is 3.03. The van der Waals surface area contributed by atoms with Crippen LogP contribution in [0.3, 0.4) is 0 Å². The number of hydrogen-bond acceptors (Lipinski definition) is 5. The maximum absolute atomic E-state index is 12.0. The van der Waals surface area contributed by atoms with Crippen LogP contribution < -0.4 is 5.32 Å². The molecule has 19 heavy (non-hydrogen) atoms. The summed E-state index contributed by atoms with van der Waals surface area (Å²) < 4.78 is 5.45. The van der Waals surface area contributed by atoms with Gasteiger partial charge in [0.15, 0.2) is 0 Å². The number of carbonyl (C=O) groups excluding carboxylic acids is 2. The lowest BCUT2D eigenvalue weighted by Gasteiger charge is -2.18. The van der Waals surface area contributed by atoms with Crippen LogP contribution in [0.2, 0.25) is 0 Å². The Morgan fingerprint density at radius 3 is 2.79 bits per heavy atom. The number of oxazole rings is 1. The van der Waals surface area contributed by atoms with Crippen LogP contribution in [0.15, 0.2) is 10.6 Å². The smallest absolute Gasteiger partial charge is 0.247 e. The zero-order valence-electron chi connectivity index (χ0n) is 11.5. The molecule has 1 unspecified atom stereocenters. The predicted molar refractivity (Wildman–Crippen MR) is 68.1 cm³/mol. The number of aryl methyl sites for hydroxylation is 1. The maximum atomic E-state index is 12.0. The third kappa shape index (κ3) is 2.84. The zero-order valence-corrected chi connectivity index (χ0v) is 11.5. The van der Waals surface area contributed by atoms with E-state index in [-0.39, 0.29) is 24.3 Å². The van der Waals surface area contributed by atoms with E-state index in [9.17, 15) is 9.59 Å². The van der Waals surface area contributed by atoms with Gasteiger partial charge in [0.05, 0.1) is 25.2 Å². The average molecular weight is 265 g/mol. The maximum Gasteiger partial charge on any atom is 0.247 e. The number of nitrogens with one attached hydrogen (secondary N) is 1. The summed E-state index contributed by atoms with van der Waals surface area (Å²) in [4.78, 5) is 29.2. The molecule has 1 aliphatic rings. The molecule has 1 atom stereocenters. The lowest BCUT2D eigenvalue weighted by Crippen LogP contribution is -2.41. The fourth-order valence-corrected chi connectivity index (χ4v) is 2.16. The van der Waals surface area contributed by atoms with Crippen molar-refractivity contribution in [1.29, 1.82) is 0 Å². The number of likely N-dealkylation sites (tertiary alicyclic amines) is 1. The van der Waals surface area contributed by atoms with Crippen molar-refractivity contribution < 1.29 is 14.0 Å². The molecule has 0 aliphatic carbocycles. The first-order chi connectivity index (χ1) is 9.02. The van der Waals surface area contributed by atoms with Gasteiger partial charge in [-0.05, 0) is 13.8 Å². The highest BCUT2D eigenvalue weighted by atomic mass is 16.4. The van der Waals surface area contributed by atoms with E-state index in [0.29, 0.717) is 12.4 Å². The minimum Gasteiger partial charge on any atom is -0.444 e. The van der Waals surface area contributed by atoms with Crippen molar-refractivity contribution in [2.45, 2.75) is 52.2 Å². The first-order valence-corrected chi connectivity index (χ1v) is 6.55. The van der Waals surface area contributed by atoms with E-state index in [1.807, 2.05) is 20.8 Å². The standard InChI is InChI=1S/C13H19N3O3/c1-4-9-6-15-11(19-9)7-14-10-5-12(17)16(8(2)3)13(10)18/h6,8,10,14H,4-5,7H2,1-3H3. The Morgan fingerprint density at radius 1 is 1.53 bits per heavy atom. The first kappa shape index (κ1) is 13.7. The summed E-state index contributed by atoms with van der Waals surface area (Å²) >= 11 is 0. The number of hydrogen-bond donors (Lipinski definition) is 1. The molecule has 1 saturated heterocycles. The second-order valence-electron chi connectivity index (χ2n) is 4.91. The van der Waals surface area contributed by atoms with Gasteiger partial charge < -0.3 is 4.42 Å². The molecule has 0 bridgehead atoms. The topological polar surface area (TPSA) is 75.4 Å². The molecule has 0 spiro atoms. The quantitative estimate of drug-likeness (QED) is 0.799. The fourth-order valence-electron chi connectivity index (χ4n) is 2.16. The van der Waals surface area contributed by atoms with Crippen LogP contribution in [0.4, 0.5) is 0 Å². The van der Waals surface area contributed by atoms with Crippen molar-refractivity contribution in [1.82, 2.24) is 15.2 Å². The minimum atomic E-state index is -0.466. The normalized spacial score (nSPS) is 19.8. The summed E-state index contributed by atoms with van der Waals surface area (Å²) in [5.74, 6) is 1.07. The van der Waals surface area contributed by atoms with Gasteiger partial charge in [-0.25, -0.2) is 4.98 Å². The SMILES string of the molecule is CCc1cnc(CNC2CC(=O)N(C(C)C)C2=O)o1. The Bertz CT molecular complexity index is 481. The van der Waals surface area contributed by atoms with E-state index in [4.69, 9.17) is 4.42 Å². The number of imide groups is 1. The second kappa shape index (κ2) is 5.52. The Kier molecular flexibility index (Phi) is 3.99. The molecule has 1 fully saturated rings. The molecule has 0 radical (unpaired) electrons. The van der Waals surface area contributed by atoms with E-state index in [0.717, 1.165) is 12.2 Å². The number of amides is 2. The lowest BCUT2D eigenvalue weighted by atomic mass is 10.2. The van der Waals surface area contributed by atoms with Gasteiger partial charge in [-0.3, -0.25) is 19.8 Å². The van der Waals surface area contributed by atoms with Gasteiger partial charge in [0.2, 0.25) is 17.7 Å². The van der Waals surface area contributed by atoms with Crippen LogP contribution in [0.1, 0.15) is 38.8 Å². The van der Waals surface area contributed by atoms with Crippen LogP contribution in [0, 0.1) is 0 Å². The molecule has 1 aliphatic heterocycles. The Labute approximate surface area is 112 Å². The van der Waals surface area contributed by atoms with Gasteiger partial charge in [0, 0.05) is 12.5 Å². The molecule has 2 amide bonds. The van der Waals surface area contributed by atoms with Gasteiger partial charge in [-0.1, -0.05) is 6.92 Å². The highest BCUT2D eigenvalue weighted by molar-refractivity contribution is 6.05. The van der Waals surface area contributed by atoms with E-state index in [2.05, 4.69) is 10.3 Å². The van der Waals surface area contributed by atoms with Gasteiger partial charge >= 0.3 is 0 Å². The molecule has 6 nitrogen and oxygen atoms in total. The molecule has 1 aromatic heterocycles. The predicted octanol–water partition coefficient (Wildman–Crippen LogP) is 0.862. The minimum absolute atomic E-state index is 0.0970.